The predicted molar refractivity (Wildman–Crippen MR) is 67.2 cm³/mol. The lowest BCUT2D eigenvalue weighted by atomic mass is 10.0. The summed E-state index contributed by atoms with van der Waals surface area (Å²) in [7, 11) is 0. The molecule has 0 saturated carbocycles. The fourth-order valence-corrected chi connectivity index (χ4v) is 2.20. The molecule has 6 heteroatoms. The molecule has 1 aliphatic rings. The van der Waals surface area contributed by atoms with E-state index in [4.69, 9.17) is 4.52 Å². The second-order valence-corrected chi connectivity index (χ2v) is 4.75. The van der Waals surface area contributed by atoms with Crippen molar-refractivity contribution in [1.29, 1.82) is 0 Å². The lowest BCUT2D eigenvalue weighted by molar-refractivity contribution is 0.0243. The summed E-state index contributed by atoms with van der Waals surface area (Å²) in [5.41, 5.74) is -0.972. The van der Waals surface area contributed by atoms with Crippen LogP contribution in [0.5, 0.6) is 0 Å². The molecule has 1 saturated heterocycles. The van der Waals surface area contributed by atoms with E-state index in [2.05, 4.69) is 34.2 Å². The Labute approximate surface area is 107 Å². The molecule has 0 aliphatic carbocycles. The molecule has 6 nitrogen and oxygen atoms in total. The van der Waals surface area contributed by atoms with Gasteiger partial charge >= 0.3 is 0 Å². The van der Waals surface area contributed by atoms with Crippen molar-refractivity contribution in [3.05, 3.63) is 11.7 Å². The Bertz CT molecular complexity index is 370. The molecule has 1 aromatic heterocycles. The summed E-state index contributed by atoms with van der Waals surface area (Å²) in [6.45, 7) is 8.52. The van der Waals surface area contributed by atoms with Gasteiger partial charge in [0, 0.05) is 19.5 Å². The van der Waals surface area contributed by atoms with Gasteiger partial charge in [0.15, 0.2) is 11.4 Å². The highest BCUT2D eigenvalue weighted by molar-refractivity contribution is 5.03. The number of hydrogen-bond acceptors (Lipinski definition) is 6. The predicted octanol–water partition coefficient (Wildman–Crippen LogP) is 0.135. The van der Waals surface area contributed by atoms with E-state index in [0.717, 1.165) is 32.6 Å². The number of aromatic nitrogens is 2. The highest BCUT2D eigenvalue weighted by Gasteiger charge is 2.38. The van der Waals surface area contributed by atoms with Gasteiger partial charge in [0.2, 0.25) is 0 Å². The van der Waals surface area contributed by atoms with E-state index >= 15 is 0 Å². The average Bonchev–Trinajstić information content (AvgIpc) is 3.00. The molecule has 0 aromatic carbocycles. The van der Waals surface area contributed by atoms with Crippen molar-refractivity contribution >= 4 is 0 Å². The van der Waals surface area contributed by atoms with Gasteiger partial charge in [0.05, 0.1) is 0 Å². The van der Waals surface area contributed by atoms with Crippen LogP contribution in [0.2, 0.25) is 0 Å². The first kappa shape index (κ1) is 13.5. The maximum Gasteiger partial charge on any atom is 0.259 e. The number of nitrogens with zero attached hydrogens (tertiary/aromatic N) is 3. The lowest BCUT2D eigenvalue weighted by Gasteiger charge is -2.16. The maximum absolute atomic E-state index is 10.3. The third kappa shape index (κ3) is 2.88. The summed E-state index contributed by atoms with van der Waals surface area (Å²) in [5, 5.41) is 17.3. The normalized spacial score (nSPS) is 24.0. The van der Waals surface area contributed by atoms with Gasteiger partial charge in [-0.25, -0.2) is 0 Å². The van der Waals surface area contributed by atoms with E-state index in [1.54, 1.807) is 0 Å². The van der Waals surface area contributed by atoms with E-state index in [9.17, 15) is 5.11 Å². The van der Waals surface area contributed by atoms with Gasteiger partial charge < -0.3 is 19.8 Å². The summed E-state index contributed by atoms with van der Waals surface area (Å²) < 4.78 is 5.18. The summed E-state index contributed by atoms with van der Waals surface area (Å²) in [6, 6.07) is 0. The topological polar surface area (TPSA) is 74.4 Å². The second-order valence-electron chi connectivity index (χ2n) is 4.75. The monoisotopic (exact) mass is 254 g/mol. The third-order valence-corrected chi connectivity index (χ3v) is 3.55. The molecule has 1 unspecified atom stereocenters. The van der Waals surface area contributed by atoms with Crippen LogP contribution in [-0.2, 0) is 12.0 Å². The molecule has 2 heterocycles. The Morgan fingerprint density at radius 3 is 2.83 bits per heavy atom. The van der Waals surface area contributed by atoms with Crippen molar-refractivity contribution < 1.29 is 9.63 Å². The number of nitrogens with one attached hydrogen (secondary N) is 1. The molecule has 1 aromatic rings. The van der Waals surface area contributed by atoms with E-state index in [1.807, 2.05) is 0 Å². The van der Waals surface area contributed by atoms with Crippen molar-refractivity contribution in [2.45, 2.75) is 32.3 Å². The molecule has 0 radical (unpaired) electrons. The zero-order chi connectivity index (χ0) is 13.0. The van der Waals surface area contributed by atoms with Gasteiger partial charge in [0.1, 0.15) is 0 Å². The molecule has 2 rings (SSSR count). The van der Waals surface area contributed by atoms with Crippen LogP contribution >= 0.6 is 0 Å². The van der Waals surface area contributed by atoms with Gasteiger partial charge in [-0.15, -0.1) is 0 Å². The van der Waals surface area contributed by atoms with Crippen LogP contribution in [0.25, 0.3) is 0 Å². The molecule has 0 amide bonds. The van der Waals surface area contributed by atoms with E-state index in [0.29, 0.717) is 24.7 Å². The van der Waals surface area contributed by atoms with Gasteiger partial charge in [-0.1, -0.05) is 19.0 Å². The van der Waals surface area contributed by atoms with E-state index < -0.39 is 5.60 Å². The van der Waals surface area contributed by atoms with E-state index in [1.165, 1.54) is 0 Å². The number of β-amino-alcohol motifs (C(OH)–C–C–N with tert-alkyl or cyclic N) is 1. The molecular weight excluding hydrogens is 232 g/mol. The van der Waals surface area contributed by atoms with Crippen LogP contribution in [0.15, 0.2) is 4.52 Å². The lowest BCUT2D eigenvalue weighted by Crippen LogP contribution is -2.29. The molecule has 0 bridgehead atoms. The minimum atomic E-state index is -0.972. The van der Waals surface area contributed by atoms with Crippen molar-refractivity contribution in [1.82, 2.24) is 20.4 Å². The largest absolute Gasteiger partial charge is 0.379 e. The summed E-state index contributed by atoms with van der Waals surface area (Å²) >= 11 is 0. The fraction of sp³-hybridized carbons (Fsp3) is 0.833. The zero-order valence-corrected chi connectivity index (χ0v) is 11.1. The van der Waals surface area contributed by atoms with Crippen LogP contribution in [0.1, 0.15) is 32.0 Å². The van der Waals surface area contributed by atoms with Gasteiger partial charge in [0.25, 0.3) is 5.89 Å². The second kappa shape index (κ2) is 5.77. The summed E-state index contributed by atoms with van der Waals surface area (Å²) in [5.74, 6) is 1.03. The molecule has 18 heavy (non-hydrogen) atoms. The Balaban J connectivity index is 1.94. The van der Waals surface area contributed by atoms with Gasteiger partial charge in [-0.3, -0.25) is 0 Å². The Hall–Kier alpha value is -0.980. The molecular formula is C12H22N4O2. The first-order chi connectivity index (χ1) is 8.68. The first-order valence-electron chi connectivity index (χ1n) is 6.66. The van der Waals surface area contributed by atoms with Crippen molar-refractivity contribution in [3.63, 3.8) is 0 Å². The molecule has 1 fully saturated rings. The van der Waals surface area contributed by atoms with Crippen molar-refractivity contribution in [2.75, 3.05) is 32.7 Å². The maximum atomic E-state index is 10.3. The van der Waals surface area contributed by atoms with Crippen LogP contribution < -0.4 is 5.32 Å². The highest BCUT2D eigenvalue weighted by atomic mass is 16.5. The Kier molecular flexibility index (Phi) is 4.31. The SMILES string of the molecule is CCN(CC)CCc1noc(C2(O)CCNC2)n1. The quantitative estimate of drug-likeness (QED) is 0.752. The van der Waals surface area contributed by atoms with Gasteiger partial charge in [-0.2, -0.15) is 4.98 Å². The van der Waals surface area contributed by atoms with Gasteiger partial charge in [-0.05, 0) is 26.1 Å². The zero-order valence-electron chi connectivity index (χ0n) is 11.1. The number of aliphatic hydroxyl groups is 1. The van der Waals surface area contributed by atoms with Crippen molar-refractivity contribution in [3.8, 4) is 0 Å². The Morgan fingerprint density at radius 2 is 2.22 bits per heavy atom. The molecule has 102 valence electrons. The van der Waals surface area contributed by atoms with Crippen LogP contribution in [0, 0.1) is 0 Å². The molecule has 1 atom stereocenters. The first-order valence-corrected chi connectivity index (χ1v) is 6.66. The standard InChI is InChI=1S/C12H22N4O2/c1-3-16(4-2)8-5-10-14-11(18-15-10)12(17)6-7-13-9-12/h13,17H,3-9H2,1-2H3. The highest BCUT2D eigenvalue weighted by Crippen LogP contribution is 2.25. The van der Waals surface area contributed by atoms with Crippen LogP contribution in [0.3, 0.4) is 0 Å². The number of likely N-dealkylation sites (N-methyl/N-ethyl adjacent to an activating group) is 1. The molecule has 2 N–H and O–H groups in total. The smallest absolute Gasteiger partial charge is 0.259 e. The van der Waals surface area contributed by atoms with Crippen molar-refractivity contribution in [2.24, 2.45) is 0 Å². The summed E-state index contributed by atoms with van der Waals surface area (Å²) in [4.78, 5) is 6.62. The van der Waals surface area contributed by atoms with Crippen LogP contribution in [-0.4, -0.2) is 52.9 Å². The number of hydrogen-bond donors (Lipinski definition) is 2. The minimum Gasteiger partial charge on any atom is -0.379 e. The van der Waals surface area contributed by atoms with Crippen LogP contribution in [0.4, 0.5) is 0 Å². The Morgan fingerprint density at radius 1 is 1.44 bits per heavy atom. The molecule has 1 aliphatic heterocycles. The number of rotatable bonds is 6. The van der Waals surface area contributed by atoms with E-state index in [-0.39, 0.29) is 0 Å². The fourth-order valence-electron chi connectivity index (χ4n) is 2.20. The molecule has 0 spiro atoms. The summed E-state index contributed by atoms with van der Waals surface area (Å²) in [6.07, 6.45) is 1.39. The average molecular weight is 254 g/mol. The minimum absolute atomic E-state index is 0.349. The third-order valence-electron chi connectivity index (χ3n) is 3.55.